The summed E-state index contributed by atoms with van der Waals surface area (Å²) in [5.41, 5.74) is 3.22. The number of hydrogen-bond donors (Lipinski definition) is 1. The van der Waals surface area contributed by atoms with Crippen LogP contribution >= 0.6 is 0 Å². The lowest BCUT2D eigenvalue weighted by Crippen LogP contribution is -2.38. The van der Waals surface area contributed by atoms with Crippen LogP contribution in [0, 0.1) is 0 Å². The number of pyridine rings is 1. The maximum absolute atomic E-state index is 13.7. The number of rotatable bonds is 10. The molecule has 0 unspecified atom stereocenters. The van der Waals surface area contributed by atoms with Crippen LogP contribution in [-0.4, -0.2) is 30.1 Å². The van der Waals surface area contributed by atoms with Gasteiger partial charge in [0.2, 0.25) is 0 Å². The van der Waals surface area contributed by atoms with E-state index in [1.807, 2.05) is 47.1 Å². The summed E-state index contributed by atoms with van der Waals surface area (Å²) >= 11 is 0. The fourth-order valence-corrected chi connectivity index (χ4v) is 4.80. The van der Waals surface area contributed by atoms with E-state index < -0.39 is 6.04 Å². The molecule has 196 valence electrons. The molecule has 0 aliphatic heterocycles. The van der Waals surface area contributed by atoms with E-state index in [1.165, 1.54) is 5.56 Å². The van der Waals surface area contributed by atoms with Crippen molar-refractivity contribution < 1.29 is 4.42 Å². The van der Waals surface area contributed by atoms with Gasteiger partial charge in [0.15, 0.2) is 5.82 Å². The highest BCUT2D eigenvalue weighted by Crippen LogP contribution is 2.33. The Kier molecular flexibility index (Phi) is 7.24. The third-order valence-corrected chi connectivity index (χ3v) is 7.35. The molecule has 0 saturated carbocycles. The number of nitrogens with one attached hydrogen (secondary N) is 1. The molecular formula is C30H34N6O2. The first-order valence-electron chi connectivity index (χ1n) is 13.1. The predicted octanol–water partition coefficient (Wildman–Crippen LogP) is 5.61. The van der Waals surface area contributed by atoms with Crippen molar-refractivity contribution in [2.24, 2.45) is 0 Å². The Morgan fingerprint density at radius 2 is 1.82 bits per heavy atom. The smallest absolute Gasteiger partial charge is 0.253 e. The molecule has 0 fully saturated rings. The highest BCUT2D eigenvalue weighted by molar-refractivity contribution is 5.80. The molecule has 0 radical (unpaired) electrons. The van der Waals surface area contributed by atoms with Crippen molar-refractivity contribution in [3.63, 3.8) is 0 Å². The number of H-pyrrole nitrogens is 1. The number of benzene rings is 2. The highest BCUT2D eigenvalue weighted by atomic mass is 16.3. The third-order valence-electron chi connectivity index (χ3n) is 7.35. The first kappa shape index (κ1) is 25.6. The Morgan fingerprint density at radius 3 is 2.53 bits per heavy atom. The largest absolute Gasteiger partial charge is 0.468 e. The highest BCUT2D eigenvalue weighted by Gasteiger charge is 2.35. The standard InChI is InChI=1S/C30H34N6O2/c1-5-21-14-15-26-23(17-21)18-25(29(37)31-26)27(28-32-33-34-36(28)30(3,4)6-2)35(20-24-13-10-16-38-24)19-22-11-8-7-9-12-22/h7-18,27H,5-6,19-20H2,1-4H3,(H,31,37)/t27-/m0/s1. The van der Waals surface area contributed by atoms with Crippen molar-refractivity contribution >= 4 is 10.9 Å². The second-order valence-electron chi connectivity index (χ2n) is 10.3. The fraction of sp³-hybridized carbons (Fsp3) is 0.333. The number of aryl methyl sites for hydroxylation is 1. The number of nitrogens with zero attached hydrogens (tertiary/aromatic N) is 5. The van der Waals surface area contributed by atoms with E-state index in [4.69, 9.17) is 4.42 Å². The summed E-state index contributed by atoms with van der Waals surface area (Å²) in [4.78, 5) is 19.1. The fourth-order valence-electron chi connectivity index (χ4n) is 4.80. The van der Waals surface area contributed by atoms with Gasteiger partial charge in [-0.05, 0) is 84.0 Å². The van der Waals surface area contributed by atoms with Crippen molar-refractivity contribution in [1.29, 1.82) is 0 Å². The minimum absolute atomic E-state index is 0.159. The van der Waals surface area contributed by atoms with E-state index in [0.717, 1.165) is 35.1 Å². The van der Waals surface area contributed by atoms with Crippen molar-refractivity contribution in [3.05, 3.63) is 112 Å². The average molecular weight is 511 g/mol. The summed E-state index contributed by atoms with van der Waals surface area (Å²) in [7, 11) is 0. The minimum Gasteiger partial charge on any atom is -0.468 e. The van der Waals surface area contributed by atoms with Crippen LogP contribution in [0.25, 0.3) is 10.9 Å². The molecule has 3 aromatic heterocycles. The topological polar surface area (TPSA) is 92.8 Å². The van der Waals surface area contributed by atoms with E-state index >= 15 is 0 Å². The van der Waals surface area contributed by atoms with Crippen LogP contribution < -0.4 is 5.56 Å². The molecular weight excluding hydrogens is 476 g/mol. The number of furan rings is 1. The van der Waals surface area contributed by atoms with Gasteiger partial charge in [-0.15, -0.1) is 5.10 Å². The van der Waals surface area contributed by atoms with Crippen molar-refractivity contribution in [1.82, 2.24) is 30.1 Å². The molecule has 2 aromatic carbocycles. The van der Waals surface area contributed by atoms with Crippen molar-refractivity contribution in [3.8, 4) is 0 Å². The van der Waals surface area contributed by atoms with Gasteiger partial charge in [0, 0.05) is 17.6 Å². The van der Waals surface area contributed by atoms with Crippen LogP contribution in [0.1, 0.15) is 68.4 Å². The Morgan fingerprint density at radius 1 is 1.00 bits per heavy atom. The van der Waals surface area contributed by atoms with Crippen molar-refractivity contribution in [2.45, 2.75) is 65.2 Å². The molecule has 0 aliphatic rings. The zero-order chi connectivity index (χ0) is 26.7. The maximum Gasteiger partial charge on any atom is 0.253 e. The summed E-state index contributed by atoms with van der Waals surface area (Å²) in [5, 5.41) is 14.0. The molecule has 3 heterocycles. The van der Waals surface area contributed by atoms with E-state index in [1.54, 1.807) is 6.26 Å². The van der Waals surface area contributed by atoms with Gasteiger partial charge in [0.25, 0.3) is 5.56 Å². The molecule has 5 rings (SSSR count). The van der Waals surface area contributed by atoms with Crippen LogP contribution in [0.15, 0.2) is 82.2 Å². The molecule has 8 heteroatoms. The molecule has 1 atom stereocenters. The maximum atomic E-state index is 13.7. The van der Waals surface area contributed by atoms with Gasteiger partial charge in [0.1, 0.15) is 11.8 Å². The predicted molar refractivity (Wildman–Crippen MR) is 148 cm³/mol. The number of tetrazole rings is 1. The van der Waals surface area contributed by atoms with Crippen LogP contribution in [-0.2, 0) is 25.0 Å². The van der Waals surface area contributed by atoms with Gasteiger partial charge >= 0.3 is 0 Å². The Bertz CT molecular complexity index is 1550. The molecule has 0 amide bonds. The van der Waals surface area contributed by atoms with Crippen LogP contribution in [0.4, 0.5) is 0 Å². The normalized spacial score (nSPS) is 12.9. The Balaban J connectivity index is 1.73. The number of aromatic nitrogens is 5. The molecule has 38 heavy (non-hydrogen) atoms. The van der Waals surface area contributed by atoms with E-state index in [2.05, 4.69) is 77.4 Å². The molecule has 0 aliphatic carbocycles. The van der Waals surface area contributed by atoms with E-state index in [0.29, 0.717) is 24.5 Å². The van der Waals surface area contributed by atoms with Gasteiger partial charge in [-0.1, -0.05) is 50.2 Å². The van der Waals surface area contributed by atoms with E-state index in [9.17, 15) is 4.79 Å². The van der Waals surface area contributed by atoms with Crippen LogP contribution in [0.2, 0.25) is 0 Å². The summed E-state index contributed by atoms with van der Waals surface area (Å²) in [6.45, 7) is 9.49. The third kappa shape index (κ3) is 5.17. The molecule has 0 saturated heterocycles. The SMILES string of the molecule is CCc1ccc2[nH]c(=O)c([C@@H](c3nnnn3C(C)(C)CC)N(Cc3ccccc3)Cc3ccco3)cc2c1. The second-order valence-corrected chi connectivity index (χ2v) is 10.3. The number of fused-ring (bicyclic) bond motifs is 1. The first-order chi connectivity index (χ1) is 18.4. The molecule has 8 nitrogen and oxygen atoms in total. The molecule has 5 aromatic rings. The van der Waals surface area contributed by atoms with Crippen LogP contribution in [0.5, 0.6) is 0 Å². The van der Waals surface area contributed by atoms with Gasteiger partial charge in [-0.25, -0.2) is 4.68 Å². The zero-order valence-electron chi connectivity index (χ0n) is 22.4. The lowest BCUT2D eigenvalue weighted by atomic mass is 9.98. The number of hydrogen-bond acceptors (Lipinski definition) is 6. The first-order valence-corrected chi connectivity index (χ1v) is 13.1. The Hall–Kier alpha value is -4.04. The minimum atomic E-state index is -0.528. The van der Waals surface area contributed by atoms with Crippen molar-refractivity contribution in [2.75, 3.05) is 0 Å². The quantitative estimate of drug-likeness (QED) is 0.263. The molecule has 1 N–H and O–H groups in total. The molecule has 0 bridgehead atoms. The van der Waals surface area contributed by atoms with Gasteiger partial charge in [-0.3, -0.25) is 9.69 Å². The van der Waals surface area contributed by atoms with Gasteiger partial charge in [-0.2, -0.15) is 0 Å². The number of aromatic amines is 1. The Labute approximate surface area is 222 Å². The van der Waals surface area contributed by atoms with Gasteiger partial charge in [0.05, 0.1) is 18.3 Å². The lowest BCUT2D eigenvalue weighted by Gasteiger charge is -2.33. The summed E-state index contributed by atoms with van der Waals surface area (Å²) in [6.07, 6.45) is 3.41. The average Bonchev–Trinajstić information content (AvgIpc) is 3.62. The van der Waals surface area contributed by atoms with E-state index in [-0.39, 0.29) is 11.1 Å². The monoisotopic (exact) mass is 510 g/mol. The summed E-state index contributed by atoms with van der Waals surface area (Å²) < 4.78 is 7.63. The van der Waals surface area contributed by atoms with Gasteiger partial charge < -0.3 is 9.40 Å². The second kappa shape index (κ2) is 10.8. The molecule has 0 spiro atoms. The summed E-state index contributed by atoms with van der Waals surface area (Å²) in [6, 6.07) is 21.7. The summed E-state index contributed by atoms with van der Waals surface area (Å²) in [5.74, 6) is 1.42. The lowest BCUT2D eigenvalue weighted by molar-refractivity contribution is 0.168. The zero-order valence-corrected chi connectivity index (χ0v) is 22.4. The van der Waals surface area contributed by atoms with Crippen LogP contribution in [0.3, 0.4) is 0 Å².